The maximum absolute atomic E-state index is 12.9. The third kappa shape index (κ3) is 3.49. The zero-order valence-corrected chi connectivity index (χ0v) is 17.1. The molecule has 4 bridgehead atoms. The molecule has 1 aromatic rings. The number of amides is 1. The summed E-state index contributed by atoms with van der Waals surface area (Å²) in [5, 5.41) is 3.54. The lowest BCUT2D eigenvalue weighted by molar-refractivity contribution is -0.892. The Bertz CT molecular complexity index is 691. The van der Waals surface area contributed by atoms with Crippen LogP contribution in [0.25, 0.3) is 0 Å². The fourth-order valence-corrected chi connectivity index (χ4v) is 6.96. The van der Waals surface area contributed by atoms with E-state index >= 15 is 0 Å². The number of ether oxygens (including phenoxy) is 1. The molecule has 6 rings (SSSR count). The number of hydrogen-bond donors (Lipinski definition) is 2. The van der Waals surface area contributed by atoms with Crippen LogP contribution >= 0.6 is 0 Å². The number of quaternary nitrogens is 1. The minimum absolute atomic E-state index is 0.143. The molecule has 4 saturated carbocycles. The molecule has 0 spiro atoms. The second-order valence-corrected chi connectivity index (χ2v) is 9.83. The second-order valence-electron chi connectivity index (χ2n) is 9.83. The number of benzene rings is 1. The van der Waals surface area contributed by atoms with Crippen molar-refractivity contribution in [2.24, 2.45) is 17.8 Å². The summed E-state index contributed by atoms with van der Waals surface area (Å²) in [5.74, 6) is 3.85. The Morgan fingerprint density at radius 3 is 2.32 bits per heavy atom. The van der Waals surface area contributed by atoms with Gasteiger partial charge >= 0.3 is 0 Å². The molecule has 152 valence electrons. The van der Waals surface area contributed by atoms with Gasteiger partial charge in [0.1, 0.15) is 5.75 Å². The quantitative estimate of drug-likeness (QED) is 0.809. The van der Waals surface area contributed by atoms with Gasteiger partial charge in [-0.1, -0.05) is 12.1 Å². The maximum Gasteiger partial charge on any atom is 0.275 e. The number of nitrogens with zero attached hydrogens (tertiary/aromatic N) is 1. The molecule has 0 aromatic heterocycles. The summed E-state index contributed by atoms with van der Waals surface area (Å²) in [6, 6.07) is 8.23. The fraction of sp³-hybridized carbons (Fsp3) is 0.696. The summed E-state index contributed by atoms with van der Waals surface area (Å²) < 4.78 is 5.51. The average Bonchev–Trinajstić information content (AvgIpc) is 2.67. The van der Waals surface area contributed by atoms with Crippen LogP contribution in [0.15, 0.2) is 24.3 Å². The number of carbonyl (C=O) groups excluding carboxylic acids is 1. The van der Waals surface area contributed by atoms with Gasteiger partial charge in [0.15, 0.2) is 6.54 Å². The average molecular weight is 385 g/mol. The Kier molecular flexibility index (Phi) is 4.74. The number of nitrogens with one attached hydrogen (secondary N) is 2. The lowest BCUT2D eigenvalue weighted by Gasteiger charge is -2.56. The zero-order valence-electron chi connectivity index (χ0n) is 17.1. The molecule has 0 atom stereocenters. The van der Waals surface area contributed by atoms with Gasteiger partial charge in [0.05, 0.1) is 39.0 Å². The SMILES string of the molecule is COc1ccccc1N1CC[NH+](CC(=O)NC23CC4CC(CC(C4)C2)C3)CC1. The normalized spacial score (nSPS) is 34.5. The molecule has 28 heavy (non-hydrogen) atoms. The van der Waals surface area contributed by atoms with Gasteiger partial charge in [-0.2, -0.15) is 0 Å². The lowest BCUT2D eigenvalue weighted by Crippen LogP contribution is -3.16. The summed E-state index contributed by atoms with van der Waals surface area (Å²) in [6.45, 7) is 4.58. The van der Waals surface area contributed by atoms with Crippen molar-refractivity contribution in [2.45, 2.75) is 44.1 Å². The van der Waals surface area contributed by atoms with Crippen LogP contribution in [-0.2, 0) is 4.79 Å². The standard InChI is InChI=1S/C23H33N3O2/c1-28-21-5-3-2-4-20(21)26-8-6-25(7-9-26)16-22(27)24-23-13-17-10-18(14-23)12-19(11-17)15-23/h2-5,17-19H,6-16H2,1H3,(H,24,27)/p+1. The minimum Gasteiger partial charge on any atom is -0.495 e. The number of rotatable bonds is 5. The molecule has 0 radical (unpaired) electrons. The molecule has 1 aliphatic heterocycles. The van der Waals surface area contributed by atoms with Crippen molar-refractivity contribution in [1.29, 1.82) is 0 Å². The van der Waals surface area contributed by atoms with Crippen molar-refractivity contribution >= 4 is 11.6 Å². The summed E-state index contributed by atoms with van der Waals surface area (Å²) in [4.78, 5) is 16.7. The summed E-state index contributed by atoms with van der Waals surface area (Å²) in [5.41, 5.74) is 1.31. The van der Waals surface area contributed by atoms with E-state index in [0.29, 0.717) is 6.54 Å². The first-order valence-corrected chi connectivity index (χ1v) is 11.1. The van der Waals surface area contributed by atoms with Crippen LogP contribution < -0.4 is 19.9 Å². The minimum atomic E-state index is 0.143. The van der Waals surface area contributed by atoms with Crippen molar-refractivity contribution < 1.29 is 14.4 Å². The highest BCUT2D eigenvalue weighted by molar-refractivity contribution is 5.77. The predicted octanol–water partition coefficient (Wildman–Crippen LogP) is 1.49. The highest BCUT2D eigenvalue weighted by atomic mass is 16.5. The van der Waals surface area contributed by atoms with E-state index in [9.17, 15) is 4.79 Å². The Balaban J connectivity index is 1.15. The van der Waals surface area contributed by atoms with Gasteiger partial charge in [0.2, 0.25) is 0 Å². The van der Waals surface area contributed by atoms with E-state index in [1.54, 1.807) is 7.11 Å². The van der Waals surface area contributed by atoms with Gasteiger partial charge in [0, 0.05) is 5.54 Å². The number of hydrogen-bond acceptors (Lipinski definition) is 3. The summed E-state index contributed by atoms with van der Waals surface area (Å²) in [6.07, 6.45) is 7.98. The first-order chi connectivity index (χ1) is 13.6. The Morgan fingerprint density at radius 2 is 1.71 bits per heavy atom. The fourth-order valence-electron chi connectivity index (χ4n) is 6.96. The molecule has 1 aromatic carbocycles. The molecule has 4 aliphatic carbocycles. The Morgan fingerprint density at radius 1 is 1.11 bits per heavy atom. The van der Waals surface area contributed by atoms with Crippen LogP contribution in [0.5, 0.6) is 5.75 Å². The van der Waals surface area contributed by atoms with Crippen LogP contribution in [0.3, 0.4) is 0 Å². The van der Waals surface area contributed by atoms with Crippen molar-refractivity contribution in [1.82, 2.24) is 5.32 Å². The van der Waals surface area contributed by atoms with Gasteiger partial charge < -0.3 is 19.9 Å². The van der Waals surface area contributed by atoms with Crippen LogP contribution in [0.4, 0.5) is 5.69 Å². The Hall–Kier alpha value is -1.75. The lowest BCUT2D eigenvalue weighted by atomic mass is 9.53. The van der Waals surface area contributed by atoms with E-state index in [1.165, 1.54) is 49.1 Å². The monoisotopic (exact) mass is 384 g/mol. The van der Waals surface area contributed by atoms with Gasteiger partial charge in [-0.25, -0.2) is 0 Å². The van der Waals surface area contributed by atoms with Gasteiger partial charge in [-0.3, -0.25) is 4.79 Å². The van der Waals surface area contributed by atoms with Crippen molar-refractivity contribution in [2.75, 3.05) is 44.7 Å². The van der Waals surface area contributed by atoms with E-state index in [4.69, 9.17) is 4.74 Å². The second kappa shape index (κ2) is 7.25. The number of carbonyl (C=O) groups is 1. The Labute approximate surface area is 168 Å². The number of para-hydroxylation sites is 2. The van der Waals surface area contributed by atoms with E-state index in [-0.39, 0.29) is 11.4 Å². The van der Waals surface area contributed by atoms with Gasteiger partial charge in [-0.15, -0.1) is 0 Å². The third-order valence-electron chi connectivity index (χ3n) is 7.75. The third-order valence-corrected chi connectivity index (χ3v) is 7.75. The molecule has 5 heteroatoms. The molecule has 1 saturated heterocycles. The summed E-state index contributed by atoms with van der Waals surface area (Å²) >= 11 is 0. The predicted molar refractivity (Wildman–Crippen MR) is 110 cm³/mol. The highest BCUT2D eigenvalue weighted by Crippen LogP contribution is 2.55. The molecule has 1 heterocycles. The smallest absolute Gasteiger partial charge is 0.275 e. The van der Waals surface area contributed by atoms with Crippen molar-refractivity contribution in [3.63, 3.8) is 0 Å². The molecule has 5 fully saturated rings. The first-order valence-electron chi connectivity index (χ1n) is 11.1. The molecule has 2 N–H and O–H groups in total. The summed E-state index contributed by atoms with van der Waals surface area (Å²) in [7, 11) is 1.73. The van der Waals surface area contributed by atoms with Gasteiger partial charge in [0.25, 0.3) is 5.91 Å². The van der Waals surface area contributed by atoms with E-state index in [1.807, 2.05) is 12.1 Å². The first kappa shape index (κ1) is 18.3. The largest absolute Gasteiger partial charge is 0.495 e. The topological polar surface area (TPSA) is 46.0 Å². The van der Waals surface area contributed by atoms with Crippen molar-refractivity contribution in [3.05, 3.63) is 24.3 Å². The van der Waals surface area contributed by atoms with Crippen LogP contribution in [-0.4, -0.2) is 51.3 Å². The van der Waals surface area contributed by atoms with Gasteiger partial charge in [-0.05, 0) is 68.4 Å². The number of methoxy groups -OCH3 is 1. The molecule has 5 nitrogen and oxygen atoms in total. The zero-order chi connectivity index (χ0) is 19.1. The molecular weight excluding hydrogens is 350 g/mol. The molecular formula is C23H34N3O2+. The molecule has 1 amide bonds. The van der Waals surface area contributed by atoms with Crippen LogP contribution in [0.2, 0.25) is 0 Å². The molecule has 5 aliphatic rings. The number of piperazine rings is 1. The highest BCUT2D eigenvalue weighted by Gasteiger charge is 2.51. The van der Waals surface area contributed by atoms with Crippen LogP contribution in [0.1, 0.15) is 38.5 Å². The molecule has 0 unspecified atom stereocenters. The maximum atomic E-state index is 12.9. The van der Waals surface area contributed by atoms with Crippen molar-refractivity contribution in [3.8, 4) is 5.75 Å². The number of anilines is 1. The van der Waals surface area contributed by atoms with Crippen LogP contribution in [0, 0.1) is 17.8 Å². The van der Waals surface area contributed by atoms with E-state index < -0.39 is 0 Å². The van der Waals surface area contributed by atoms with E-state index in [0.717, 1.165) is 49.7 Å². The van der Waals surface area contributed by atoms with E-state index in [2.05, 4.69) is 22.3 Å².